The first kappa shape index (κ1) is 31.4. The molecule has 0 spiro atoms. The van der Waals surface area contributed by atoms with Crippen LogP contribution in [0.1, 0.15) is 65.9 Å². The highest BCUT2D eigenvalue weighted by molar-refractivity contribution is 7.89. The molecule has 0 saturated carbocycles. The summed E-state index contributed by atoms with van der Waals surface area (Å²) in [5.41, 5.74) is 3.12. The van der Waals surface area contributed by atoms with Crippen molar-refractivity contribution in [3.8, 4) is 11.3 Å². The number of hydroxylamine groups is 2. The van der Waals surface area contributed by atoms with E-state index in [1.807, 2.05) is 71.9 Å². The highest BCUT2D eigenvalue weighted by Crippen LogP contribution is 2.30. The largest absolute Gasteiger partial charge is 0.528 e. The second-order valence-electron chi connectivity index (χ2n) is 13.0. The van der Waals surface area contributed by atoms with Gasteiger partial charge in [-0.3, -0.25) is 0 Å². The minimum absolute atomic E-state index is 0.189. The Morgan fingerprint density at radius 2 is 1.66 bits per heavy atom. The van der Waals surface area contributed by atoms with E-state index in [4.69, 9.17) is 14.7 Å². The highest BCUT2D eigenvalue weighted by atomic mass is 32.2. The number of ether oxygens (including phenoxy) is 1. The average Bonchev–Trinajstić information content (AvgIpc) is 3.35. The number of benzene rings is 2. The maximum atomic E-state index is 12.9. The monoisotopic (exact) mass is 620 g/mol. The summed E-state index contributed by atoms with van der Waals surface area (Å²) in [6.07, 6.45) is 2.78. The van der Waals surface area contributed by atoms with Gasteiger partial charge in [0.25, 0.3) is 0 Å². The molecule has 2 aromatic heterocycles. The van der Waals surface area contributed by atoms with Gasteiger partial charge in [-0.15, -0.1) is 10.2 Å². The molecule has 234 valence electrons. The zero-order chi connectivity index (χ0) is 31.7. The Kier molecular flexibility index (Phi) is 8.70. The molecular formula is C32H40N6O5S. The van der Waals surface area contributed by atoms with Crippen molar-refractivity contribution < 1.29 is 22.8 Å². The summed E-state index contributed by atoms with van der Waals surface area (Å²) in [5, 5.41) is 9.64. The molecule has 3 heterocycles. The van der Waals surface area contributed by atoms with Crippen LogP contribution in [0.25, 0.3) is 16.8 Å². The maximum Gasteiger partial charge on any atom is 0.528 e. The second kappa shape index (κ2) is 12.2. The second-order valence-corrected chi connectivity index (χ2v) is 14.7. The van der Waals surface area contributed by atoms with Gasteiger partial charge < -0.3 is 14.9 Å². The standard InChI is InChI=1S/C32H40N6O5S/c1-31(2,3)36-44(40,41)27-9-7-8-24(20-27)28-15-14-26-21-33-29(35-38(26)28)34-25-12-10-22(11-13-25)23-16-18-37(19-17-23)43-30(39)42-32(4,5)6/h7-15,20-21,23,36H,16-19H2,1-6H3,(H,34,35). The summed E-state index contributed by atoms with van der Waals surface area (Å²) in [7, 11) is -3.69. The number of sulfonamides is 1. The smallest absolute Gasteiger partial charge is 0.427 e. The van der Waals surface area contributed by atoms with Crippen molar-refractivity contribution in [2.75, 3.05) is 18.4 Å². The van der Waals surface area contributed by atoms with Crippen molar-refractivity contribution in [2.24, 2.45) is 0 Å². The summed E-state index contributed by atoms with van der Waals surface area (Å²) in [6.45, 7) is 12.1. The van der Waals surface area contributed by atoms with Gasteiger partial charge in [0.2, 0.25) is 16.0 Å². The van der Waals surface area contributed by atoms with Crippen molar-refractivity contribution in [3.63, 3.8) is 0 Å². The van der Waals surface area contributed by atoms with Crippen molar-refractivity contribution in [1.29, 1.82) is 0 Å². The van der Waals surface area contributed by atoms with Crippen LogP contribution in [-0.2, 0) is 19.6 Å². The lowest BCUT2D eigenvalue weighted by atomic mass is 9.90. The first-order valence-corrected chi connectivity index (χ1v) is 16.2. The number of piperidine rings is 1. The maximum absolute atomic E-state index is 12.9. The number of carbonyl (C=O) groups is 1. The summed E-state index contributed by atoms with van der Waals surface area (Å²) >= 11 is 0. The van der Waals surface area contributed by atoms with Crippen LogP contribution in [0.2, 0.25) is 0 Å². The summed E-state index contributed by atoms with van der Waals surface area (Å²) < 4.78 is 35.6. The van der Waals surface area contributed by atoms with Crippen molar-refractivity contribution in [2.45, 2.75) is 76.3 Å². The molecule has 1 saturated heterocycles. The Morgan fingerprint density at radius 3 is 2.32 bits per heavy atom. The molecule has 0 aliphatic carbocycles. The molecule has 1 aliphatic rings. The van der Waals surface area contributed by atoms with Crippen LogP contribution in [0.15, 0.2) is 71.8 Å². The number of nitrogens with zero attached hydrogens (tertiary/aromatic N) is 4. The molecule has 1 aliphatic heterocycles. The number of aromatic nitrogens is 3. The predicted octanol–water partition coefficient (Wildman–Crippen LogP) is 6.26. The van der Waals surface area contributed by atoms with Gasteiger partial charge in [-0.05, 0) is 102 Å². The van der Waals surface area contributed by atoms with Gasteiger partial charge >= 0.3 is 6.16 Å². The summed E-state index contributed by atoms with van der Waals surface area (Å²) in [4.78, 5) is 22.0. The quantitative estimate of drug-likeness (QED) is 0.230. The Morgan fingerprint density at radius 1 is 0.955 bits per heavy atom. The summed E-state index contributed by atoms with van der Waals surface area (Å²) in [5.74, 6) is 0.768. The zero-order valence-corrected chi connectivity index (χ0v) is 26.8. The lowest BCUT2D eigenvalue weighted by molar-refractivity contribution is -0.152. The number of nitrogens with one attached hydrogen (secondary N) is 2. The molecule has 0 radical (unpaired) electrons. The van der Waals surface area contributed by atoms with Crippen molar-refractivity contribution in [1.82, 2.24) is 24.4 Å². The third kappa shape index (κ3) is 7.93. The molecule has 5 rings (SSSR count). The minimum atomic E-state index is -3.69. The topological polar surface area (TPSA) is 127 Å². The molecule has 1 fully saturated rings. The van der Waals surface area contributed by atoms with E-state index in [2.05, 4.69) is 27.2 Å². The van der Waals surface area contributed by atoms with E-state index in [-0.39, 0.29) is 4.90 Å². The van der Waals surface area contributed by atoms with Crippen LogP contribution in [0, 0.1) is 0 Å². The van der Waals surface area contributed by atoms with Crippen LogP contribution in [0.3, 0.4) is 0 Å². The van der Waals surface area contributed by atoms with Gasteiger partial charge in [0.1, 0.15) is 5.60 Å². The number of rotatable bonds is 7. The van der Waals surface area contributed by atoms with E-state index in [0.29, 0.717) is 25.0 Å². The zero-order valence-electron chi connectivity index (χ0n) is 26.0. The van der Waals surface area contributed by atoms with Crippen molar-refractivity contribution in [3.05, 3.63) is 72.4 Å². The normalized spacial score (nSPS) is 15.3. The minimum Gasteiger partial charge on any atom is -0.427 e. The molecule has 0 amide bonds. The SMILES string of the molecule is CC(C)(C)NS(=O)(=O)c1cccc(-c2ccc3cnc(Nc4ccc(C5CCN(OC(=O)OC(C)(C)C)CC5)cc4)nn23)c1. The van der Waals surface area contributed by atoms with E-state index >= 15 is 0 Å². The molecule has 11 nitrogen and oxygen atoms in total. The van der Waals surface area contributed by atoms with Crippen LogP contribution in [0.5, 0.6) is 0 Å². The number of fused-ring (bicyclic) bond motifs is 1. The van der Waals surface area contributed by atoms with Gasteiger partial charge in [0.05, 0.1) is 22.3 Å². The molecule has 0 atom stereocenters. The van der Waals surface area contributed by atoms with Crippen LogP contribution in [-0.4, -0.2) is 58.5 Å². The van der Waals surface area contributed by atoms with Gasteiger partial charge in [0, 0.05) is 29.9 Å². The molecule has 12 heteroatoms. The average molecular weight is 621 g/mol. The lowest BCUT2D eigenvalue weighted by Gasteiger charge is -2.31. The fourth-order valence-corrected chi connectivity index (χ4v) is 6.55. The van der Waals surface area contributed by atoms with E-state index in [0.717, 1.165) is 35.3 Å². The molecule has 44 heavy (non-hydrogen) atoms. The van der Waals surface area contributed by atoms with Gasteiger partial charge in [0.15, 0.2) is 0 Å². The molecule has 2 N–H and O–H groups in total. The predicted molar refractivity (Wildman–Crippen MR) is 169 cm³/mol. The van der Waals surface area contributed by atoms with E-state index in [1.54, 1.807) is 34.0 Å². The Labute approximate surface area is 258 Å². The molecule has 4 aromatic rings. The van der Waals surface area contributed by atoms with Crippen molar-refractivity contribution >= 4 is 33.3 Å². The number of hydrogen-bond donors (Lipinski definition) is 2. The number of anilines is 2. The van der Waals surface area contributed by atoms with Crippen LogP contribution >= 0.6 is 0 Å². The first-order valence-electron chi connectivity index (χ1n) is 14.7. The van der Waals surface area contributed by atoms with Gasteiger partial charge in [-0.25, -0.2) is 27.4 Å². The first-order chi connectivity index (χ1) is 20.6. The van der Waals surface area contributed by atoms with Crippen LogP contribution in [0.4, 0.5) is 16.4 Å². The van der Waals surface area contributed by atoms with E-state index in [1.165, 1.54) is 5.56 Å². The van der Waals surface area contributed by atoms with Crippen LogP contribution < -0.4 is 10.0 Å². The number of hydrogen-bond acceptors (Lipinski definition) is 9. The fourth-order valence-electron chi connectivity index (χ4n) is 5.08. The third-order valence-corrected chi connectivity index (χ3v) is 8.72. The Hall–Kier alpha value is -4.00. The fraction of sp³-hybridized carbons (Fsp3) is 0.406. The molecular weight excluding hydrogens is 580 g/mol. The van der Waals surface area contributed by atoms with Gasteiger partial charge in [-0.2, -0.15) is 0 Å². The molecule has 2 aromatic carbocycles. The van der Waals surface area contributed by atoms with E-state index in [9.17, 15) is 13.2 Å². The lowest BCUT2D eigenvalue weighted by Crippen LogP contribution is -2.40. The van der Waals surface area contributed by atoms with Gasteiger partial charge in [-0.1, -0.05) is 24.3 Å². The summed E-state index contributed by atoms with van der Waals surface area (Å²) in [6, 6.07) is 18.8. The third-order valence-electron chi connectivity index (χ3n) is 6.96. The molecule has 0 bridgehead atoms. The Balaban J connectivity index is 1.25. The number of carbonyl (C=O) groups excluding carboxylic acids is 1. The Bertz CT molecular complexity index is 1730. The highest BCUT2D eigenvalue weighted by Gasteiger charge is 2.26. The van der Waals surface area contributed by atoms with E-state index < -0.39 is 27.3 Å². The molecule has 0 unspecified atom stereocenters.